The van der Waals surface area contributed by atoms with Crippen LogP contribution in [0.15, 0.2) is 23.2 Å². The summed E-state index contributed by atoms with van der Waals surface area (Å²) in [6.45, 7) is 2.48. The molecule has 1 saturated carbocycles. The monoisotopic (exact) mass is 563 g/mol. The maximum atomic E-state index is 10.3. The molecule has 1 aromatic heterocycles. The van der Waals surface area contributed by atoms with Crippen molar-refractivity contribution in [3.05, 3.63) is 34.9 Å². The number of methoxy groups -OCH3 is 3. The van der Waals surface area contributed by atoms with Crippen molar-refractivity contribution in [2.75, 3.05) is 27.9 Å². The van der Waals surface area contributed by atoms with Gasteiger partial charge in [0.05, 0.1) is 51.4 Å². The van der Waals surface area contributed by atoms with Crippen LogP contribution < -0.4 is 18.9 Å². The lowest BCUT2D eigenvalue weighted by atomic mass is 9.74. The quantitative estimate of drug-likeness (QED) is 0.284. The van der Waals surface area contributed by atoms with Crippen LogP contribution in [-0.2, 0) is 9.59 Å². The van der Waals surface area contributed by atoms with Crippen LogP contribution in [0.3, 0.4) is 0 Å². The van der Waals surface area contributed by atoms with E-state index in [4.69, 9.17) is 44.4 Å². The topological polar surface area (TPSA) is 210 Å². The summed E-state index contributed by atoms with van der Waals surface area (Å²) in [5.74, 6) is -1.34. The van der Waals surface area contributed by atoms with Crippen molar-refractivity contribution in [1.29, 1.82) is 0 Å². The Labute approximate surface area is 229 Å². The Bertz CT molecular complexity index is 1230. The maximum Gasteiger partial charge on any atom is 0.335 e. The Balaban J connectivity index is 0.000000378. The number of aliphatic carboxylic acids is 2. The molecule has 218 valence electrons. The molecule has 0 bridgehead atoms. The number of aliphatic hydroxyl groups is 3. The zero-order valence-electron chi connectivity index (χ0n) is 22.5. The molecule has 5 N–H and O–H groups in total. The molecule has 40 heavy (non-hydrogen) atoms. The van der Waals surface area contributed by atoms with E-state index in [0.717, 1.165) is 29.7 Å². The second kappa shape index (κ2) is 13.4. The van der Waals surface area contributed by atoms with Gasteiger partial charge in [-0.15, -0.1) is 10.2 Å². The molecule has 0 amide bonds. The van der Waals surface area contributed by atoms with E-state index in [9.17, 15) is 14.7 Å². The third-order valence-electron chi connectivity index (χ3n) is 6.57. The van der Waals surface area contributed by atoms with Gasteiger partial charge < -0.3 is 44.5 Å². The number of fused-ring (bicyclic) bond motifs is 3. The molecule has 2 aromatic rings. The summed E-state index contributed by atoms with van der Waals surface area (Å²) in [5.41, 5.74) is 3.47. The first-order valence-corrected chi connectivity index (χ1v) is 12.4. The number of hydrogen-bond acceptors (Lipinski definition) is 12. The normalized spacial score (nSPS) is 20.8. The van der Waals surface area contributed by atoms with Crippen LogP contribution in [0.1, 0.15) is 48.8 Å². The number of carbonyl (C=O) groups is 2. The third kappa shape index (κ3) is 6.58. The highest BCUT2D eigenvalue weighted by Crippen LogP contribution is 2.45. The van der Waals surface area contributed by atoms with Crippen LogP contribution in [0.5, 0.6) is 23.3 Å². The molecule has 0 spiro atoms. The Morgan fingerprint density at radius 2 is 1.60 bits per heavy atom. The highest BCUT2D eigenvalue weighted by Gasteiger charge is 2.38. The van der Waals surface area contributed by atoms with Crippen molar-refractivity contribution in [1.82, 2.24) is 10.2 Å². The highest BCUT2D eigenvalue weighted by molar-refractivity contribution is 6.16. The number of hydrogen-bond donors (Lipinski definition) is 5. The number of carboxylic acids is 2. The predicted molar refractivity (Wildman–Crippen MR) is 139 cm³/mol. The number of nitrogens with zero attached hydrogens (tertiary/aromatic N) is 3. The first-order chi connectivity index (χ1) is 19.1. The number of ether oxygens (including phenoxy) is 4. The molecule has 1 aromatic carbocycles. The van der Waals surface area contributed by atoms with E-state index in [1.165, 1.54) is 0 Å². The fourth-order valence-electron chi connectivity index (χ4n) is 4.64. The molecule has 14 nitrogen and oxygen atoms in total. The average molecular weight is 564 g/mol. The summed E-state index contributed by atoms with van der Waals surface area (Å²) >= 11 is 0. The van der Waals surface area contributed by atoms with Crippen LogP contribution >= 0.6 is 0 Å². The molecule has 14 heteroatoms. The minimum atomic E-state index is -2.27. The molecule has 1 aliphatic carbocycles. The van der Waals surface area contributed by atoms with E-state index in [1.807, 2.05) is 19.1 Å². The van der Waals surface area contributed by atoms with Gasteiger partial charge in [-0.25, -0.2) is 9.59 Å². The van der Waals surface area contributed by atoms with Crippen LogP contribution in [0, 0.1) is 0 Å². The van der Waals surface area contributed by atoms with Gasteiger partial charge in [-0.05, 0) is 43.9 Å². The number of aliphatic hydroxyl groups excluding tert-OH is 3. The number of aromatic nitrogens is 2. The summed E-state index contributed by atoms with van der Waals surface area (Å²) in [4.78, 5) is 24.6. The Morgan fingerprint density at radius 1 is 0.925 bits per heavy atom. The summed E-state index contributed by atoms with van der Waals surface area (Å²) in [6, 6.07) is 5.82. The SMILES string of the molecule is CCOc1cc2c(cc1OC)C(c1cc(OC)nnc1OC)=N[C@@H]1CC[C@@H](O)C[C@H]21.O=C(O)[C@@H](O)[C@H](O)C(=O)O. The van der Waals surface area contributed by atoms with Gasteiger partial charge in [-0.3, -0.25) is 4.99 Å². The fourth-order valence-corrected chi connectivity index (χ4v) is 4.64. The largest absolute Gasteiger partial charge is 0.493 e. The molecule has 4 rings (SSSR count). The van der Waals surface area contributed by atoms with Gasteiger partial charge >= 0.3 is 11.9 Å². The van der Waals surface area contributed by atoms with Crippen molar-refractivity contribution in [2.45, 2.75) is 56.5 Å². The van der Waals surface area contributed by atoms with Crippen molar-refractivity contribution in [3.8, 4) is 23.3 Å². The lowest BCUT2D eigenvalue weighted by molar-refractivity contribution is -0.165. The molecule has 2 aliphatic rings. The molecule has 0 saturated heterocycles. The molecule has 1 aliphatic heterocycles. The van der Waals surface area contributed by atoms with Gasteiger partial charge in [0.2, 0.25) is 11.8 Å². The van der Waals surface area contributed by atoms with E-state index >= 15 is 0 Å². The van der Waals surface area contributed by atoms with Crippen molar-refractivity contribution in [2.24, 2.45) is 4.99 Å². The fraction of sp³-hybridized carbons (Fsp3) is 0.500. The predicted octanol–water partition coefficient (Wildman–Crippen LogP) is 0.627. The minimum absolute atomic E-state index is 0.0580. The van der Waals surface area contributed by atoms with E-state index < -0.39 is 24.1 Å². The van der Waals surface area contributed by atoms with Gasteiger partial charge in [0.25, 0.3) is 0 Å². The standard InChI is InChI=1S/C22H27N3O5.C4H6O6/c1-5-30-19-9-13-14-8-12(26)6-7-17(14)23-21(15(13)10-18(19)27-2)16-11-20(28-3)24-25-22(16)29-4;5-1(3(7)8)2(6)4(9)10/h9-12,14,17,26H,5-8H2,1-4H3;1-2,5-6H,(H,7,8)(H,9,10)/t12-,14-,17-;1-,2-/m10/s1. The highest BCUT2D eigenvalue weighted by atomic mass is 16.5. The minimum Gasteiger partial charge on any atom is -0.493 e. The second-order valence-electron chi connectivity index (χ2n) is 9.02. The zero-order valence-corrected chi connectivity index (χ0v) is 22.5. The van der Waals surface area contributed by atoms with Gasteiger partial charge in [-0.1, -0.05) is 0 Å². The van der Waals surface area contributed by atoms with Gasteiger partial charge in [0.15, 0.2) is 23.7 Å². The lowest BCUT2D eigenvalue weighted by Gasteiger charge is -2.37. The molecule has 2 heterocycles. The molecule has 0 unspecified atom stereocenters. The third-order valence-corrected chi connectivity index (χ3v) is 6.57. The Hall–Kier alpha value is -4.01. The smallest absolute Gasteiger partial charge is 0.335 e. The number of benzene rings is 1. The zero-order chi connectivity index (χ0) is 29.6. The van der Waals surface area contributed by atoms with Crippen LogP contribution in [0.2, 0.25) is 0 Å². The van der Waals surface area contributed by atoms with Crippen LogP contribution in [-0.4, -0.2) is 106 Å². The maximum absolute atomic E-state index is 10.3. The van der Waals surface area contributed by atoms with E-state index in [1.54, 1.807) is 27.4 Å². The van der Waals surface area contributed by atoms with Gasteiger partial charge in [0.1, 0.15) is 0 Å². The van der Waals surface area contributed by atoms with Crippen molar-refractivity contribution in [3.63, 3.8) is 0 Å². The van der Waals surface area contributed by atoms with Crippen molar-refractivity contribution >= 4 is 17.7 Å². The number of carboxylic acid groups (broad SMARTS) is 2. The molecule has 1 fully saturated rings. The van der Waals surface area contributed by atoms with Crippen LogP contribution in [0.4, 0.5) is 0 Å². The first-order valence-electron chi connectivity index (χ1n) is 12.4. The second-order valence-corrected chi connectivity index (χ2v) is 9.02. The van der Waals surface area contributed by atoms with Crippen LogP contribution in [0.25, 0.3) is 0 Å². The molecule has 0 radical (unpaired) electrons. The molecular formula is C26H33N3O11. The lowest BCUT2D eigenvalue weighted by Crippen LogP contribution is -2.39. The van der Waals surface area contributed by atoms with E-state index in [0.29, 0.717) is 41.9 Å². The first kappa shape index (κ1) is 30.5. The van der Waals surface area contributed by atoms with Gasteiger partial charge in [-0.2, -0.15) is 0 Å². The number of rotatable bonds is 9. The molecule has 5 atom stereocenters. The molecular weight excluding hydrogens is 530 g/mol. The summed E-state index contributed by atoms with van der Waals surface area (Å²) in [7, 11) is 4.73. The van der Waals surface area contributed by atoms with E-state index in [-0.39, 0.29) is 18.1 Å². The average Bonchev–Trinajstić information content (AvgIpc) is 2.95. The van der Waals surface area contributed by atoms with Gasteiger partial charge in [0, 0.05) is 17.5 Å². The Kier molecular flexibility index (Phi) is 10.2. The summed E-state index contributed by atoms with van der Waals surface area (Å²) < 4.78 is 22.2. The summed E-state index contributed by atoms with van der Waals surface area (Å²) in [5, 5.41) is 51.0. The Morgan fingerprint density at radius 3 is 2.15 bits per heavy atom. The van der Waals surface area contributed by atoms with E-state index in [2.05, 4.69) is 10.2 Å². The summed E-state index contributed by atoms with van der Waals surface area (Å²) in [6.07, 6.45) is -2.65. The number of aliphatic imine (C=N–C) groups is 1. The van der Waals surface area contributed by atoms with Crippen molar-refractivity contribution < 1.29 is 54.1 Å².